The van der Waals surface area contributed by atoms with Gasteiger partial charge in [0.25, 0.3) is 0 Å². The summed E-state index contributed by atoms with van der Waals surface area (Å²) in [5.74, 6) is -0.268. The van der Waals surface area contributed by atoms with Gasteiger partial charge in [0.1, 0.15) is 0 Å². The van der Waals surface area contributed by atoms with Crippen molar-refractivity contribution in [2.75, 3.05) is 0 Å². The van der Waals surface area contributed by atoms with Gasteiger partial charge in [0.2, 0.25) is 0 Å². The SMILES string of the molecule is CC(C)Cc1nccc2c(CC(=O)O)cccc12. The zero-order valence-corrected chi connectivity index (χ0v) is 10.7. The normalized spacial score (nSPS) is 11.1. The fourth-order valence-electron chi connectivity index (χ4n) is 2.20. The molecule has 0 aliphatic carbocycles. The molecule has 2 aromatic rings. The Morgan fingerprint density at radius 3 is 2.72 bits per heavy atom. The molecule has 0 radical (unpaired) electrons. The second-order valence-corrected chi connectivity index (χ2v) is 4.94. The van der Waals surface area contributed by atoms with Crippen LogP contribution in [0.5, 0.6) is 0 Å². The predicted molar refractivity (Wildman–Crippen MR) is 71.6 cm³/mol. The number of carbonyl (C=O) groups is 1. The molecule has 0 aliphatic heterocycles. The quantitative estimate of drug-likeness (QED) is 0.897. The molecule has 1 heterocycles. The van der Waals surface area contributed by atoms with Gasteiger partial charge in [-0.2, -0.15) is 0 Å². The summed E-state index contributed by atoms with van der Waals surface area (Å²) in [4.78, 5) is 15.3. The van der Waals surface area contributed by atoms with Crippen LogP contribution in [0.3, 0.4) is 0 Å². The Morgan fingerprint density at radius 2 is 2.06 bits per heavy atom. The first-order valence-electron chi connectivity index (χ1n) is 6.15. The molecule has 0 amide bonds. The highest BCUT2D eigenvalue weighted by Crippen LogP contribution is 2.23. The van der Waals surface area contributed by atoms with Crippen molar-refractivity contribution >= 4 is 16.7 Å². The number of rotatable bonds is 4. The van der Waals surface area contributed by atoms with Crippen LogP contribution in [0, 0.1) is 5.92 Å². The van der Waals surface area contributed by atoms with E-state index in [-0.39, 0.29) is 6.42 Å². The van der Waals surface area contributed by atoms with Gasteiger partial charge < -0.3 is 5.11 Å². The summed E-state index contributed by atoms with van der Waals surface area (Å²) in [7, 11) is 0. The third kappa shape index (κ3) is 2.67. The standard InChI is InChI=1S/C15H17NO2/c1-10(2)8-14-13-5-3-4-11(9-15(17)18)12(13)6-7-16-14/h3-7,10H,8-9H2,1-2H3,(H,17,18). The summed E-state index contributed by atoms with van der Waals surface area (Å²) >= 11 is 0. The van der Waals surface area contributed by atoms with Gasteiger partial charge >= 0.3 is 5.97 Å². The number of hydrogen-bond acceptors (Lipinski definition) is 2. The maximum absolute atomic E-state index is 10.9. The number of aliphatic carboxylic acids is 1. The van der Waals surface area contributed by atoms with Gasteiger partial charge in [-0.05, 0) is 29.4 Å². The fraction of sp³-hybridized carbons (Fsp3) is 0.333. The molecule has 3 nitrogen and oxygen atoms in total. The number of carboxylic acid groups (broad SMARTS) is 1. The van der Waals surface area contributed by atoms with Crippen LogP contribution in [0.1, 0.15) is 25.1 Å². The molecule has 94 valence electrons. The van der Waals surface area contributed by atoms with Gasteiger partial charge in [-0.3, -0.25) is 9.78 Å². The first-order chi connectivity index (χ1) is 8.58. The molecule has 0 aliphatic rings. The van der Waals surface area contributed by atoms with Crippen molar-refractivity contribution in [1.29, 1.82) is 0 Å². The fourth-order valence-corrected chi connectivity index (χ4v) is 2.20. The van der Waals surface area contributed by atoms with Gasteiger partial charge in [-0.1, -0.05) is 32.0 Å². The van der Waals surface area contributed by atoms with Crippen LogP contribution >= 0.6 is 0 Å². The zero-order chi connectivity index (χ0) is 13.1. The Hall–Kier alpha value is -1.90. The maximum Gasteiger partial charge on any atom is 0.307 e. The first kappa shape index (κ1) is 12.6. The molecule has 0 unspecified atom stereocenters. The van der Waals surface area contributed by atoms with Crippen molar-refractivity contribution in [3.8, 4) is 0 Å². The van der Waals surface area contributed by atoms with Gasteiger partial charge in [0, 0.05) is 17.3 Å². The molecule has 0 saturated carbocycles. The number of nitrogens with zero attached hydrogens (tertiary/aromatic N) is 1. The number of pyridine rings is 1. The van der Waals surface area contributed by atoms with E-state index in [1.165, 1.54) is 0 Å². The van der Waals surface area contributed by atoms with E-state index in [0.717, 1.165) is 28.5 Å². The van der Waals surface area contributed by atoms with Crippen molar-refractivity contribution < 1.29 is 9.90 Å². The Morgan fingerprint density at radius 1 is 1.28 bits per heavy atom. The number of aromatic nitrogens is 1. The molecule has 0 atom stereocenters. The zero-order valence-electron chi connectivity index (χ0n) is 10.7. The van der Waals surface area contributed by atoms with Crippen molar-refractivity contribution in [3.63, 3.8) is 0 Å². The molecular weight excluding hydrogens is 226 g/mol. The number of hydrogen-bond donors (Lipinski definition) is 1. The molecule has 0 saturated heterocycles. The van der Waals surface area contributed by atoms with Gasteiger partial charge in [0.15, 0.2) is 0 Å². The minimum Gasteiger partial charge on any atom is -0.481 e. The maximum atomic E-state index is 10.9. The molecule has 0 bridgehead atoms. The Bertz CT molecular complexity index is 576. The highest BCUT2D eigenvalue weighted by molar-refractivity contribution is 5.90. The smallest absolute Gasteiger partial charge is 0.307 e. The van der Waals surface area contributed by atoms with Crippen molar-refractivity contribution in [2.45, 2.75) is 26.7 Å². The molecular formula is C15H17NO2. The van der Waals surface area contributed by atoms with E-state index in [2.05, 4.69) is 18.8 Å². The lowest BCUT2D eigenvalue weighted by molar-refractivity contribution is -0.136. The number of benzene rings is 1. The van der Waals surface area contributed by atoms with Crippen LogP contribution in [-0.4, -0.2) is 16.1 Å². The van der Waals surface area contributed by atoms with Crippen LogP contribution in [0.2, 0.25) is 0 Å². The molecule has 1 aromatic heterocycles. The van der Waals surface area contributed by atoms with E-state index in [1.807, 2.05) is 24.3 Å². The molecule has 2 rings (SSSR count). The van der Waals surface area contributed by atoms with E-state index in [1.54, 1.807) is 6.20 Å². The Kier molecular flexibility index (Phi) is 3.60. The van der Waals surface area contributed by atoms with E-state index < -0.39 is 5.97 Å². The van der Waals surface area contributed by atoms with Gasteiger partial charge in [-0.15, -0.1) is 0 Å². The minimum atomic E-state index is -0.801. The molecule has 1 aromatic carbocycles. The van der Waals surface area contributed by atoms with Crippen LogP contribution in [0.15, 0.2) is 30.5 Å². The monoisotopic (exact) mass is 243 g/mol. The lowest BCUT2D eigenvalue weighted by atomic mass is 9.98. The van der Waals surface area contributed by atoms with Crippen LogP contribution < -0.4 is 0 Å². The summed E-state index contributed by atoms with van der Waals surface area (Å²) < 4.78 is 0. The van der Waals surface area contributed by atoms with Crippen molar-refractivity contribution in [1.82, 2.24) is 4.98 Å². The molecule has 0 fully saturated rings. The third-order valence-electron chi connectivity index (χ3n) is 2.92. The molecule has 18 heavy (non-hydrogen) atoms. The summed E-state index contributed by atoms with van der Waals surface area (Å²) in [6, 6.07) is 7.70. The topological polar surface area (TPSA) is 50.2 Å². The first-order valence-corrected chi connectivity index (χ1v) is 6.15. The summed E-state index contributed by atoms with van der Waals surface area (Å²) in [6.07, 6.45) is 2.74. The largest absolute Gasteiger partial charge is 0.481 e. The van der Waals surface area contributed by atoms with E-state index in [9.17, 15) is 4.79 Å². The summed E-state index contributed by atoms with van der Waals surface area (Å²) in [6.45, 7) is 4.31. The second kappa shape index (κ2) is 5.17. The third-order valence-corrected chi connectivity index (χ3v) is 2.92. The predicted octanol–water partition coefficient (Wildman–Crippen LogP) is 3.06. The molecule has 3 heteroatoms. The van der Waals surface area contributed by atoms with Gasteiger partial charge in [-0.25, -0.2) is 0 Å². The highest BCUT2D eigenvalue weighted by Gasteiger charge is 2.09. The lowest BCUT2D eigenvalue weighted by Crippen LogP contribution is -2.03. The van der Waals surface area contributed by atoms with Crippen LogP contribution in [-0.2, 0) is 17.6 Å². The average Bonchev–Trinajstić information content (AvgIpc) is 2.29. The number of fused-ring (bicyclic) bond motifs is 1. The van der Waals surface area contributed by atoms with Crippen LogP contribution in [0.4, 0.5) is 0 Å². The van der Waals surface area contributed by atoms with E-state index in [4.69, 9.17) is 5.11 Å². The highest BCUT2D eigenvalue weighted by atomic mass is 16.4. The summed E-state index contributed by atoms with van der Waals surface area (Å²) in [5, 5.41) is 11.0. The van der Waals surface area contributed by atoms with E-state index >= 15 is 0 Å². The van der Waals surface area contributed by atoms with Gasteiger partial charge in [0.05, 0.1) is 6.42 Å². The molecule has 0 spiro atoms. The second-order valence-electron chi connectivity index (χ2n) is 4.94. The summed E-state index contributed by atoms with van der Waals surface area (Å²) in [5.41, 5.74) is 1.90. The number of carboxylic acids is 1. The van der Waals surface area contributed by atoms with Crippen molar-refractivity contribution in [3.05, 3.63) is 41.7 Å². The van der Waals surface area contributed by atoms with Crippen LogP contribution in [0.25, 0.3) is 10.8 Å². The average molecular weight is 243 g/mol. The Labute approximate surface area is 106 Å². The molecule has 1 N–H and O–H groups in total. The minimum absolute atomic E-state index is 0.0580. The van der Waals surface area contributed by atoms with E-state index in [0.29, 0.717) is 5.92 Å². The lowest BCUT2D eigenvalue weighted by Gasteiger charge is -2.10. The Balaban J connectivity index is 2.54. The van der Waals surface area contributed by atoms with Crippen molar-refractivity contribution in [2.24, 2.45) is 5.92 Å².